The minimum atomic E-state index is 1.68. The van der Waals surface area contributed by atoms with Gasteiger partial charge in [0.15, 0.2) is 0 Å². The minimum Gasteiger partial charge on any atom is -0.357 e. The number of thioether (sulfide) groups is 1. The van der Waals surface area contributed by atoms with Gasteiger partial charge in [0.25, 0.3) is 0 Å². The van der Waals surface area contributed by atoms with Gasteiger partial charge in [0, 0.05) is 13.2 Å². The van der Waals surface area contributed by atoms with E-state index in [2.05, 4.69) is 6.58 Å². The van der Waals surface area contributed by atoms with E-state index in [1.165, 1.54) is 0 Å². The van der Waals surface area contributed by atoms with Crippen molar-refractivity contribution >= 4 is 11.8 Å². The molecular weight excluding hydrogens is 118 g/mol. The average molecular weight is 129 g/mol. The molecule has 0 atom stereocenters. The fourth-order valence-electron chi connectivity index (χ4n) is 0.218. The van der Waals surface area contributed by atoms with Gasteiger partial charge in [-0.1, -0.05) is 6.58 Å². The van der Waals surface area contributed by atoms with Gasteiger partial charge < -0.3 is 4.90 Å². The van der Waals surface area contributed by atoms with Crippen molar-refractivity contribution in [3.8, 4) is 0 Å². The molecule has 46 valence electrons. The zero-order chi connectivity index (χ0) is 6.41. The van der Waals surface area contributed by atoms with Crippen molar-refractivity contribution in [3.05, 3.63) is 24.4 Å². The van der Waals surface area contributed by atoms with Crippen molar-refractivity contribution in [2.45, 2.75) is 0 Å². The van der Waals surface area contributed by atoms with Crippen LogP contribution in [0, 0.1) is 0 Å². The fourth-order valence-corrected chi connectivity index (χ4v) is 0.531. The molecule has 0 radical (unpaired) electrons. The molecule has 0 spiro atoms. The van der Waals surface area contributed by atoms with Gasteiger partial charge in [-0.3, -0.25) is 0 Å². The number of hydrogen-bond donors (Lipinski definition) is 0. The number of rotatable bonds is 3. The summed E-state index contributed by atoms with van der Waals surface area (Å²) in [5.41, 5.74) is 0. The van der Waals surface area contributed by atoms with Crippen LogP contribution in [0.4, 0.5) is 0 Å². The van der Waals surface area contributed by atoms with Crippen molar-refractivity contribution in [2.24, 2.45) is 0 Å². The molecule has 0 N–H and O–H groups in total. The van der Waals surface area contributed by atoms with Gasteiger partial charge in [0.1, 0.15) is 0 Å². The summed E-state index contributed by atoms with van der Waals surface area (Å²) in [7, 11) is 1.94. The molecule has 0 saturated heterocycles. The second kappa shape index (κ2) is 4.78. The highest BCUT2D eigenvalue weighted by atomic mass is 32.2. The third kappa shape index (κ3) is 3.81. The molecule has 0 aromatic rings. The highest BCUT2D eigenvalue weighted by Crippen LogP contribution is 1.94. The molecule has 8 heavy (non-hydrogen) atoms. The van der Waals surface area contributed by atoms with Crippen LogP contribution in [0.15, 0.2) is 24.4 Å². The molecule has 0 unspecified atom stereocenters. The minimum absolute atomic E-state index is 1.68. The summed E-state index contributed by atoms with van der Waals surface area (Å²) in [6.45, 7) is 3.58. The maximum atomic E-state index is 3.58. The second-order valence-corrected chi connectivity index (χ2v) is 2.11. The highest BCUT2D eigenvalue weighted by Gasteiger charge is 1.74. The van der Waals surface area contributed by atoms with Crippen molar-refractivity contribution < 1.29 is 0 Å². The Morgan fingerprint density at radius 2 is 2.25 bits per heavy atom. The SMILES string of the molecule is C=CN(C)/C=C\SC. The first kappa shape index (κ1) is 7.63. The maximum absolute atomic E-state index is 3.58. The smallest absolute Gasteiger partial charge is 0.0106 e. The van der Waals surface area contributed by atoms with Gasteiger partial charge in [-0.15, -0.1) is 11.8 Å². The van der Waals surface area contributed by atoms with Crippen LogP contribution in [0.5, 0.6) is 0 Å². The molecule has 1 nitrogen and oxygen atoms in total. The number of nitrogens with zero attached hydrogens (tertiary/aromatic N) is 1. The third-order valence-corrected chi connectivity index (χ3v) is 1.11. The molecule has 0 bridgehead atoms. The van der Waals surface area contributed by atoms with Crippen LogP contribution in [0.25, 0.3) is 0 Å². The van der Waals surface area contributed by atoms with E-state index in [4.69, 9.17) is 0 Å². The molecule has 0 saturated carbocycles. The number of hydrogen-bond acceptors (Lipinski definition) is 2. The van der Waals surface area contributed by atoms with E-state index in [9.17, 15) is 0 Å². The molecule has 0 aromatic carbocycles. The van der Waals surface area contributed by atoms with Crippen LogP contribution in [0.2, 0.25) is 0 Å². The van der Waals surface area contributed by atoms with Gasteiger partial charge in [0.2, 0.25) is 0 Å². The molecule has 0 aliphatic rings. The highest BCUT2D eigenvalue weighted by molar-refractivity contribution is 8.01. The lowest BCUT2D eigenvalue weighted by Crippen LogP contribution is -1.97. The topological polar surface area (TPSA) is 3.24 Å². The van der Waals surface area contributed by atoms with Crippen LogP contribution in [-0.2, 0) is 0 Å². The first-order chi connectivity index (χ1) is 3.81. The van der Waals surface area contributed by atoms with E-state index in [1.807, 2.05) is 29.8 Å². The molecule has 0 aliphatic carbocycles. The first-order valence-corrected chi connectivity index (χ1v) is 3.64. The standard InChI is InChI=1S/C6H11NS/c1-4-7(2)5-6-8-3/h4-6H,1H2,2-3H3/b6-5-. The lowest BCUT2D eigenvalue weighted by Gasteiger charge is -2.02. The molecule has 0 rings (SSSR count). The first-order valence-electron chi connectivity index (χ1n) is 2.35. The average Bonchev–Trinajstić information content (AvgIpc) is 1.83. The molecule has 0 aromatic heterocycles. The normalized spacial score (nSPS) is 9.75. The van der Waals surface area contributed by atoms with Gasteiger partial charge in [0.05, 0.1) is 0 Å². The summed E-state index contributed by atoms with van der Waals surface area (Å²) in [6.07, 6.45) is 5.73. The summed E-state index contributed by atoms with van der Waals surface area (Å²) >= 11 is 1.68. The summed E-state index contributed by atoms with van der Waals surface area (Å²) in [5, 5.41) is 2.00. The van der Waals surface area contributed by atoms with Crippen LogP contribution >= 0.6 is 11.8 Å². The Bertz CT molecular complexity index is 88.5. The largest absolute Gasteiger partial charge is 0.357 e. The van der Waals surface area contributed by atoms with E-state index in [0.29, 0.717) is 0 Å². The Hall–Kier alpha value is -0.370. The van der Waals surface area contributed by atoms with Crippen molar-refractivity contribution in [3.63, 3.8) is 0 Å². The quantitative estimate of drug-likeness (QED) is 0.572. The van der Waals surface area contributed by atoms with Crippen molar-refractivity contribution in [1.29, 1.82) is 0 Å². The zero-order valence-corrected chi connectivity index (χ0v) is 6.11. The molecular formula is C6H11NS. The van der Waals surface area contributed by atoms with Crippen LogP contribution < -0.4 is 0 Å². The maximum Gasteiger partial charge on any atom is 0.0106 e. The van der Waals surface area contributed by atoms with Gasteiger partial charge in [-0.2, -0.15) is 0 Å². The Kier molecular flexibility index (Phi) is 4.56. The third-order valence-electron chi connectivity index (χ3n) is 0.720. The van der Waals surface area contributed by atoms with Gasteiger partial charge in [-0.05, 0) is 17.9 Å². The van der Waals surface area contributed by atoms with E-state index in [-0.39, 0.29) is 0 Å². The van der Waals surface area contributed by atoms with Crippen LogP contribution in [0.1, 0.15) is 0 Å². The van der Waals surface area contributed by atoms with Crippen molar-refractivity contribution in [2.75, 3.05) is 13.3 Å². The summed E-state index contributed by atoms with van der Waals surface area (Å²) in [4.78, 5) is 1.90. The fraction of sp³-hybridized carbons (Fsp3) is 0.333. The molecule has 0 amide bonds. The Balaban J connectivity index is 3.35. The predicted molar refractivity (Wildman–Crippen MR) is 40.6 cm³/mol. The van der Waals surface area contributed by atoms with Crippen LogP contribution in [-0.4, -0.2) is 18.2 Å². The Morgan fingerprint density at radius 3 is 2.62 bits per heavy atom. The summed E-state index contributed by atoms with van der Waals surface area (Å²) in [5.74, 6) is 0. The molecule has 0 aliphatic heterocycles. The summed E-state index contributed by atoms with van der Waals surface area (Å²) < 4.78 is 0. The van der Waals surface area contributed by atoms with E-state index >= 15 is 0 Å². The Morgan fingerprint density at radius 1 is 1.62 bits per heavy atom. The van der Waals surface area contributed by atoms with E-state index in [0.717, 1.165) is 0 Å². The lowest BCUT2D eigenvalue weighted by atomic mass is 10.8. The van der Waals surface area contributed by atoms with E-state index in [1.54, 1.807) is 18.0 Å². The summed E-state index contributed by atoms with van der Waals surface area (Å²) in [6, 6.07) is 0. The van der Waals surface area contributed by atoms with Gasteiger partial charge >= 0.3 is 0 Å². The Labute approximate surface area is 55.1 Å². The molecule has 2 heteroatoms. The molecule has 0 fully saturated rings. The second-order valence-electron chi connectivity index (χ2n) is 1.37. The monoisotopic (exact) mass is 129 g/mol. The predicted octanol–water partition coefficient (Wildman–Crippen LogP) is 1.90. The van der Waals surface area contributed by atoms with E-state index < -0.39 is 0 Å². The van der Waals surface area contributed by atoms with Crippen molar-refractivity contribution in [1.82, 2.24) is 4.90 Å². The van der Waals surface area contributed by atoms with Gasteiger partial charge in [-0.25, -0.2) is 0 Å². The van der Waals surface area contributed by atoms with Crippen LogP contribution in [0.3, 0.4) is 0 Å². The zero-order valence-electron chi connectivity index (χ0n) is 5.29. The lowest BCUT2D eigenvalue weighted by molar-refractivity contribution is 0.630. The molecule has 0 heterocycles.